The van der Waals surface area contributed by atoms with Crippen LogP contribution in [0.4, 0.5) is 0 Å². The van der Waals surface area contributed by atoms with E-state index >= 15 is 0 Å². The lowest BCUT2D eigenvalue weighted by atomic mass is 9.82. The highest BCUT2D eigenvalue weighted by atomic mass is 32.2. The largest absolute Gasteiger partial charge is 0.497 e. The summed E-state index contributed by atoms with van der Waals surface area (Å²) < 4.78 is 5.19. The molecule has 0 aliphatic carbocycles. The summed E-state index contributed by atoms with van der Waals surface area (Å²) in [6.07, 6.45) is 0. The second kappa shape index (κ2) is 6.92. The molecule has 1 aromatic carbocycles. The van der Waals surface area contributed by atoms with Crippen LogP contribution >= 0.6 is 11.8 Å². The Morgan fingerprint density at radius 1 is 1.55 bits per heavy atom. The maximum Gasteiger partial charge on any atom is 0.233 e. The molecule has 1 fully saturated rings. The summed E-state index contributed by atoms with van der Waals surface area (Å²) in [5, 5.41) is 10.7. The number of amides is 1. The Morgan fingerprint density at radius 2 is 2.27 bits per heavy atom. The molecule has 1 amide bonds. The molecule has 0 saturated carbocycles. The number of rotatable bonds is 5. The Bertz CT molecular complexity index is 534. The highest BCUT2D eigenvalue weighted by molar-refractivity contribution is 8.00. The van der Waals surface area contributed by atoms with Crippen LogP contribution in [0.15, 0.2) is 29.2 Å². The van der Waals surface area contributed by atoms with Crippen LogP contribution in [0, 0.1) is 11.8 Å². The molecule has 0 aromatic heterocycles. The van der Waals surface area contributed by atoms with Crippen molar-refractivity contribution in [2.45, 2.75) is 31.3 Å². The fraction of sp³-hybridized carbons (Fsp3) is 0.588. The van der Waals surface area contributed by atoms with Crippen LogP contribution in [0.2, 0.25) is 0 Å². The average Bonchev–Trinajstić information content (AvgIpc) is 2.82. The zero-order chi connectivity index (χ0) is 16.3. The Labute approximate surface area is 136 Å². The number of hydrogen-bond donors (Lipinski definition) is 1. The van der Waals surface area contributed by atoms with Crippen LogP contribution in [-0.2, 0) is 4.79 Å². The van der Waals surface area contributed by atoms with Gasteiger partial charge >= 0.3 is 0 Å². The van der Waals surface area contributed by atoms with Crippen molar-refractivity contribution >= 4 is 17.7 Å². The van der Waals surface area contributed by atoms with Crippen molar-refractivity contribution in [2.75, 3.05) is 26.0 Å². The van der Waals surface area contributed by atoms with Crippen molar-refractivity contribution in [1.82, 2.24) is 4.90 Å². The zero-order valence-corrected chi connectivity index (χ0v) is 14.5. The number of hydrogen-bond acceptors (Lipinski definition) is 4. The molecule has 0 spiro atoms. The van der Waals surface area contributed by atoms with Gasteiger partial charge in [0.25, 0.3) is 0 Å². The van der Waals surface area contributed by atoms with Gasteiger partial charge in [-0.2, -0.15) is 0 Å². The van der Waals surface area contributed by atoms with Crippen LogP contribution in [0.1, 0.15) is 20.8 Å². The molecule has 1 aromatic rings. The molecule has 1 saturated heterocycles. The fourth-order valence-electron chi connectivity index (χ4n) is 2.88. The van der Waals surface area contributed by atoms with Gasteiger partial charge in [0.15, 0.2) is 0 Å². The lowest BCUT2D eigenvalue weighted by Crippen LogP contribution is -2.43. The number of nitrogens with zero attached hydrogens (tertiary/aromatic N) is 1. The molecule has 1 N–H and O–H groups in total. The van der Waals surface area contributed by atoms with Crippen molar-refractivity contribution in [1.29, 1.82) is 0 Å². The van der Waals surface area contributed by atoms with Crippen LogP contribution in [0.25, 0.3) is 0 Å². The molecule has 1 aliphatic heterocycles. The van der Waals surface area contributed by atoms with E-state index in [1.807, 2.05) is 45.0 Å². The van der Waals surface area contributed by atoms with E-state index in [2.05, 4.69) is 0 Å². The van der Waals surface area contributed by atoms with Gasteiger partial charge in [-0.1, -0.05) is 26.8 Å². The lowest BCUT2D eigenvalue weighted by molar-refractivity contribution is -0.128. The summed E-state index contributed by atoms with van der Waals surface area (Å²) >= 11 is 1.50. The Hall–Kier alpha value is -1.20. The van der Waals surface area contributed by atoms with E-state index in [0.29, 0.717) is 18.8 Å². The van der Waals surface area contributed by atoms with Gasteiger partial charge in [0.1, 0.15) is 5.75 Å². The summed E-state index contributed by atoms with van der Waals surface area (Å²) in [7, 11) is 1.63. The third kappa shape index (κ3) is 3.58. The van der Waals surface area contributed by atoms with E-state index in [1.54, 1.807) is 12.0 Å². The van der Waals surface area contributed by atoms with Crippen molar-refractivity contribution in [3.8, 4) is 5.75 Å². The van der Waals surface area contributed by atoms with E-state index < -0.39 is 5.60 Å². The van der Waals surface area contributed by atoms with Crippen molar-refractivity contribution in [3.05, 3.63) is 24.3 Å². The Balaban J connectivity index is 1.93. The van der Waals surface area contributed by atoms with Crippen LogP contribution in [0.5, 0.6) is 5.75 Å². The minimum absolute atomic E-state index is 0.0799. The second-order valence-corrected chi connectivity index (χ2v) is 7.34. The van der Waals surface area contributed by atoms with Crippen LogP contribution < -0.4 is 4.74 Å². The van der Waals surface area contributed by atoms with Crippen LogP contribution in [-0.4, -0.2) is 47.5 Å². The summed E-state index contributed by atoms with van der Waals surface area (Å²) in [6, 6.07) is 7.70. The summed E-state index contributed by atoms with van der Waals surface area (Å²) in [6.45, 7) is 7.10. The number of β-amino-alcohol motifs (C(OH)–C–C–N with tert-alkyl or cyclic N) is 1. The number of likely N-dealkylation sites (tertiary alicyclic amines) is 1. The number of methoxy groups -OCH3 is 1. The van der Waals surface area contributed by atoms with Crippen LogP contribution in [0.3, 0.4) is 0 Å². The highest BCUT2D eigenvalue weighted by Gasteiger charge is 2.46. The van der Waals surface area contributed by atoms with E-state index in [0.717, 1.165) is 10.6 Å². The van der Waals surface area contributed by atoms with Gasteiger partial charge in [0, 0.05) is 23.9 Å². The first-order chi connectivity index (χ1) is 10.4. The standard InChI is InChI=1S/C17H25NO3S/c1-12(2)17(20)11-18(9-13(17)3)16(19)10-22-15-7-5-6-14(8-15)21-4/h5-8,12-13,20H,9-11H2,1-4H3. The van der Waals surface area contributed by atoms with Gasteiger partial charge in [-0.3, -0.25) is 4.79 Å². The number of carbonyl (C=O) groups is 1. The van der Waals surface area contributed by atoms with Gasteiger partial charge in [-0.15, -0.1) is 11.8 Å². The Morgan fingerprint density at radius 3 is 2.86 bits per heavy atom. The minimum Gasteiger partial charge on any atom is -0.497 e. The number of aliphatic hydroxyl groups is 1. The fourth-order valence-corrected chi connectivity index (χ4v) is 3.73. The van der Waals surface area contributed by atoms with Gasteiger partial charge in [0.2, 0.25) is 5.91 Å². The molecule has 1 heterocycles. The topological polar surface area (TPSA) is 49.8 Å². The Kier molecular flexibility index (Phi) is 5.40. The molecule has 0 radical (unpaired) electrons. The predicted molar refractivity (Wildman–Crippen MR) is 89.2 cm³/mol. The molecule has 1 aliphatic rings. The van der Waals surface area contributed by atoms with Crippen molar-refractivity contribution in [2.24, 2.45) is 11.8 Å². The summed E-state index contributed by atoms with van der Waals surface area (Å²) in [4.78, 5) is 15.2. The monoisotopic (exact) mass is 323 g/mol. The molecular formula is C17H25NO3S. The molecule has 122 valence electrons. The summed E-state index contributed by atoms with van der Waals surface area (Å²) in [5.41, 5.74) is -0.768. The van der Waals surface area contributed by atoms with Gasteiger partial charge in [-0.05, 0) is 24.1 Å². The third-order valence-corrected chi connectivity index (χ3v) is 5.53. The first kappa shape index (κ1) is 17.2. The molecule has 0 bridgehead atoms. The first-order valence-electron chi connectivity index (χ1n) is 7.64. The van der Waals surface area contributed by atoms with E-state index in [-0.39, 0.29) is 17.7 Å². The predicted octanol–water partition coefficient (Wildman–Crippen LogP) is 2.65. The molecule has 22 heavy (non-hydrogen) atoms. The molecule has 5 heteroatoms. The normalized spacial score (nSPS) is 24.8. The second-order valence-electron chi connectivity index (χ2n) is 6.29. The van der Waals surface area contributed by atoms with E-state index in [9.17, 15) is 9.90 Å². The maximum atomic E-state index is 12.4. The van der Waals surface area contributed by atoms with E-state index in [1.165, 1.54) is 11.8 Å². The SMILES string of the molecule is COc1cccc(SCC(=O)N2CC(C)C(O)(C(C)C)C2)c1. The van der Waals surface area contributed by atoms with Gasteiger partial charge < -0.3 is 14.7 Å². The number of ether oxygens (including phenoxy) is 1. The molecule has 4 nitrogen and oxygen atoms in total. The quantitative estimate of drug-likeness (QED) is 0.847. The molecule has 2 rings (SSSR count). The highest BCUT2D eigenvalue weighted by Crippen LogP contribution is 2.34. The number of benzene rings is 1. The molecular weight excluding hydrogens is 298 g/mol. The van der Waals surface area contributed by atoms with E-state index in [4.69, 9.17) is 4.74 Å². The number of carbonyl (C=O) groups excluding carboxylic acids is 1. The third-order valence-electron chi connectivity index (χ3n) is 4.55. The molecule has 2 unspecified atom stereocenters. The lowest BCUT2D eigenvalue weighted by Gasteiger charge is -2.30. The first-order valence-corrected chi connectivity index (χ1v) is 8.62. The maximum absolute atomic E-state index is 12.4. The number of thioether (sulfide) groups is 1. The average molecular weight is 323 g/mol. The van der Waals surface area contributed by atoms with Gasteiger partial charge in [-0.25, -0.2) is 0 Å². The van der Waals surface area contributed by atoms with Crippen molar-refractivity contribution in [3.63, 3.8) is 0 Å². The minimum atomic E-state index is -0.768. The molecule has 2 atom stereocenters. The van der Waals surface area contributed by atoms with Crippen molar-refractivity contribution < 1.29 is 14.6 Å². The smallest absolute Gasteiger partial charge is 0.233 e. The van der Waals surface area contributed by atoms with Gasteiger partial charge in [0.05, 0.1) is 18.5 Å². The summed E-state index contributed by atoms with van der Waals surface area (Å²) in [5.74, 6) is 1.51. The zero-order valence-electron chi connectivity index (χ0n) is 13.7.